The molecule has 0 saturated heterocycles. The molecule has 0 aromatic rings. The number of nitrogens with one attached hydrogen (secondary N) is 1. The minimum atomic E-state index is -4.31. The summed E-state index contributed by atoms with van der Waals surface area (Å²) < 4.78 is 21.8. The summed E-state index contributed by atoms with van der Waals surface area (Å²) in [7, 11) is -4.31. The van der Waals surface area contributed by atoms with Gasteiger partial charge in [-0.2, -0.15) is 0 Å². The molecule has 226 valence electrons. The second-order valence-corrected chi connectivity index (χ2v) is 11.8. The quantitative estimate of drug-likeness (QED) is 0.0462. The van der Waals surface area contributed by atoms with E-state index < -0.39 is 20.0 Å². The van der Waals surface area contributed by atoms with Gasteiger partial charge in [0.1, 0.15) is 0 Å². The van der Waals surface area contributed by atoms with Gasteiger partial charge in [0.05, 0.1) is 25.4 Å². The van der Waals surface area contributed by atoms with Gasteiger partial charge in [-0.15, -0.1) is 0 Å². The summed E-state index contributed by atoms with van der Waals surface area (Å²) in [5.41, 5.74) is 5.32. The number of nitrogens with two attached hydrogens (primary N) is 1. The summed E-state index contributed by atoms with van der Waals surface area (Å²) in [6, 6.07) is -0.849. The molecule has 0 spiro atoms. The molecule has 0 heterocycles. The zero-order valence-electron chi connectivity index (χ0n) is 24.4. The highest BCUT2D eigenvalue weighted by Gasteiger charge is 2.26. The van der Waals surface area contributed by atoms with Crippen molar-refractivity contribution >= 4 is 13.7 Å². The minimum Gasteiger partial charge on any atom is -0.387 e. The Morgan fingerprint density at radius 2 is 1.34 bits per heavy atom. The van der Waals surface area contributed by atoms with Crippen LogP contribution in [-0.4, -0.2) is 47.8 Å². The molecule has 5 N–H and O–H groups in total. The maximum Gasteiger partial charge on any atom is 0.472 e. The Labute approximate surface area is 233 Å². The normalized spacial score (nSPS) is 15.0. The first-order valence-electron chi connectivity index (χ1n) is 15.3. The number of amides is 1. The van der Waals surface area contributed by atoms with E-state index in [0.29, 0.717) is 6.42 Å². The third-order valence-corrected chi connectivity index (χ3v) is 7.60. The van der Waals surface area contributed by atoms with Gasteiger partial charge in [-0.1, -0.05) is 122 Å². The highest BCUT2D eigenvalue weighted by molar-refractivity contribution is 7.47. The van der Waals surface area contributed by atoms with Crippen LogP contribution in [0, 0.1) is 0 Å². The van der Waals surface area contributed by atoms with E-state index in [0.717, 1.165) is 38.5 Å². The second kappa shape index (κ2) is 26.5. The number of carbonyl (C=O) groups excluding carboxylic acids is 1. The first-order chi connectivity index (χ1) is 18.4. The van der Waals surface area contributed by atoms with Crippen molar-refractivity contribution in [1.82, 2.24) is 5.32 Å². The predicted octanol–water partition coefficient (Wildman–Crippen LogP) is 6.93. The van der Waals surface area contributed by atoms with Gasteiger partial charge in [0.25, 0.3) is 0 Å². The molecule has 0 rings (SSSR count). The fourth-order valence-corrected chi connectivity index (χ4v) is 5.01. The van der Waals surface area contributed by atoms with Gasteiger partial charge >= 0.3 is 7.82 Å². The van der Waals surface area contributed by atoms with Gasteiger partial charge in [0, 0.05) is 13.0 Å². The number of carbonyl (C=O) groups is 1. The molecule has 1 amide bonds. The van der Waals surface area contributed by atoms with Gasteiger partial charge in [0.2, 0.25) is 5.91 Å². The number of phosphoric acid groups is 1. The van der Waals surface area contributed by atoms with Crippen molar-refractivity contribution in [2.75, 3.05) is 19.8 Å². The highest BCUT2D eigenvalue weighted by Crippen LogP contribution is 2.43. The fraction of sp³-hybridized carbons (Fsp3) is 0.897. The highest BCUT2D eigenvalue weighted by atomic mass is 31.2. The molecule has 0 saturated carbocycles. The van der Waals surface area contributed by atoms with Gasteiger partial charge in [-0.3, -0.25) is 13.8 Å². The summed E-state index contributed by atoms with van der Waals surface area (Å²) in [6.07, 6.45) is 24.0. The Morgan fingerprint density at radius 1 is 0.842 bits per heavy atom. The van der Waals surface area contributed by atoms with Gasteiger partial charge in [-0.25, -0.2) is 4.57 Å². The summed E-state index contributed by atoms with van der Waals surface area (Å²) in [5, 5.41) is 13.4. The maximum absolute atomic E-state index is 12.5. The summed E-state index contributed by atoms with van der Waals surface area (Å²) in [5.74, 6) is -0.202. The van der Waals surface area contributed by atoms with Crippen LogP contribution in [0.1, 0.15) is 136 Å². The Hall–Kier alpha value is -0.760. The van der Waals surface area contributed by atoms with Crippen LogP contribution in [0.15, 0.2) is 12.2 Å². The van der Waals surface area contributed by atoms with Crippen LogP contribution in [0.3, 0.4) is 0 Å². The number of aliphatic hydroxyl groups is 1. The van der Waals surface area contributed by atoms with Crippen LogP contribution >= 0.6 is 7.82 Å². The van der Waals surface area contributed by atoms with Gasteiger partial charge in [-0.05, 0) is 19.3 Å². The van der Waals surface area contributed by atoms with E-state index in [4.69, 9.17) is 14.8 Å². The Bertz CT molecular complexity index is 620. The third-order valence-electron chi connectivity index (χ3n) is 6.61. The monoisotopic (exact) mass is 562 g/mol. The van der Waals surface area contributed by atoms with Crippen molar-refractivity contribution < 1.29 is 28.4 Å². The fourth-order valence-electron chi connectivity index (χ4n) is 4.25. The first kappa shape index (κ1) is 37.2. The lowest BCUT2D eigenvalue weighted by molar-refractivity contribution is -0.123. The first-order valence-corrected chi connectivity index (χ1v) is 16.8. The second-order valence-electron chi connectivity index (χ2n) is 10.3. The molecule has 0 fully saturated rings. The van der Waals surface area contributed by atoms with Crippen LogP contribution in [0.2, 0.25) is 0 Å². The standard InChI is InChI=1S/C29H59N2O6P/c1-3-5-7-9-11-13-14-15-16-18-20-22-28(32)27(26-37-38(34,35)36-25-24-30)31-29(33)23-21-19-17-12-10-8-6-4-2/h20,22,27-28,32H,3-19,21,23-26,30H2,1-2H3,(H,31,33)(H,34,35)/b22-20+/t27-,28+/m0/s1. The molecule has 38 heavy (non-hydrogen) atoms. The maximum atomic E-state index is 12.5. The van der Waals surface area contributed by atoms with Crippen LogP contribution < -0.4 is 11.1 Å². The molecule has 8 nitrogen and oxygen atoms in total. The largest absolute Gasteiger partial charge is 0.472 e. The lowest BCUT2D eigenvalue weighted by Gasteiger charge is -2.23. The molecule has 3 atom stereocenters. The molecule has 0 aliphatic carbocycles. The van der Waals surface area contributed by atoms with E-state index in [1.807, 2.05) is 6.08 Å². The van der Waals surface area contributed by atoms with E-state index in [9.17, 15) is 19.4 Å². The summed E-state index contributed by atoms with van der Waals surface area (Å²) >= 11 is 0. The Kier molecular flexibility index (Phi) is 25.9. The lowest BCUT2D eigenvalue weighted by Crippen LogP contribution is -2.45. The van der Waals surface area contributed by atoms with Crippen molar-refractivity contribution in [3.63, 3.8) is 0 Å². The number of allylic oxidation sites excluding steroid dienone is 1. The number of rotatable bonds is 28. The molecule has 0 bridgehead atoms. The average Bonchev–Trinajstić information content (AvgIpc) is 2.89. The van der Waals surface area contributed by atoms with Crippen LogP contribution in [0.5, 0.6) is 0 Å². The molecule has 0 aromatic carbocycles. The lowest BCUT2D eigenvalue weighted by atomic mass is 10.1. The minimum absolute atomic E-state index is 0.0803. The number of aliphatic hydroxyl groups excluding tert-OH is 1. The van der Waals surface area contributed by atoms with E-state index in [2.05, 4.69) is 19.2 Å². The van der Waals surface area contributed by atoms with E-state index >= 15 is 0 Å². The van der Waals surface area contributed by atoms with Crippen LogP contribution in [-0.2, 0) is 18.4 Å². The average molecular weight is 563 g/mol. The molecular formula is C29H59N2O6P. The number of phosphoric ester groups is 1. The molecule has 0 aromatic heterocycles. The molecule has 9 heteroatoms. The third kappa shape index (κ3) is 24.3. The topological polar surface area (TPSA) is 131 Å². The smallest absolute Gasteiger partial charge is 0.387 e. The predicted molar refractivity (Wildman–Crippen MR) is 157 cm³/mol. The van der Waals surface area contributed by atoms with Gasteiger partial charge in [0.15, 0.2) is 0 Å². The van der Waals surface area contributed by atoms with E-state index in [-0.39, 0.29) is 25.7 Å². The summed E-state index contributed by atoms with van der Waals surface area (Å²) in [4.78, 5) is 22.3. The Balaban J connectivity index is 4.48. The zero-order chi connectivity index (χ0) is 28.3. The zero-order valence-corrected chi connectivity index (χ0v) is 25.3. The van der Waals surface area contributed by atoms with E-state index in [1.54, 1.807) is 6.08 Å². The van der Waals surface area contributed by atoms with Gasteiger partial charge < -0.3 is 21.1 Å². The summed E-state index contributed by atoms with van der Waals surface area (Å²) in [6.45, 7) is 4.05. The number of hydrogen-bond acceptors (Lipinski definition) is 6. The number of unbranched alkanes of at least 4 members (excludes halogenated alkanes) is 16. The molecule has 0 aliphatic rings. The Morgan fingerprint density at radius 3 is 1.87 bits per heavy atom. The van der Waals surface area contributed by atoms with Crippen LogP contribution in [0.25, 0.3) is 0 Å². The molecule has 0 aliphatic heterocycles. The van der Waals surface area contributed by atoms with Crippen molar-refractivity contribution in [1.29, 1.82) is 0 Å². The van der Waals surface area contributed by atoms with Crippen LogP contribution in [0.4, 0.5) is 0 Å². The van der Waals surface area contributed by atoms with Crippen molar-refractivity contribution in [2.24, 2.45) is 5.73 Å². The van der Waals surface area contributed by atoms with Crippen molar-refractivity contribution in [3.05, 3.63) is 12.2 Å². The van der Waals surface area contributed by atoms with Crippen molar-refractivity contribution in [3.8, 4) is 0 Å². The molecule has 1 unspecified atom stereocenters. The SMILES string of the molecule is CCCCCCCCCCC/C=C/[C@@H](O)[C@H](COP(=O)(O)OCCN)NC(=O)CCCCCCCCCC. The number of hydrogen-bond donors (Lipinski definition) is 4. The van der Waals surface area contributed by atoms with E-state index in [1.165, 1.54) is 77.0 Å². The van der Waals surface area contributed by atoms with Crippen molar-refractivity contribution in [2.45, 2.75) is 148 Å². The molecule has 0 radical (unpaired) electrons. The molecular weight excluding hydrogens is 503 g/mol.